The first-order chi connectivity index (χ1) is 15.0. The van der Waals surface area contributed by atoms with Gasteiger partial charge in [0.05, 0.1) is 12.3 Å². The Bertz CT molecular complexity index is 1080. The fraction of sp³-hybridized carbons (Fsp3) is 0.478. The van der Waals surface area contributed by atoms with Crippen molar-refractivity contribution in [3.63, 3.8) is 0 Å². The van der Waals surface area contributed by atoms with E-state index < -0.39 is 0 Å². The lowest BCUT2D eigenvalue weighted by molar-refractivity contribution is -0.00890. The lowest BCUT2D eigenvalue weighted by Crippen LogP contribution is -2.62. The summed E-state index contributed by atoms with van der Waals surface area (Å²) >= 11 is 0. The lowest BCUT2D eigenvalue weighted by Gasteiger charge is -2.50. The zero-order valence-electron chi connectivity index (χ0n) is 17.6. The van der Waals surface area contributed by atoms with E-state index in [1.807, 2.05) is 0 Å². The molecule has 0 unspecified atom stereocenters. The molecule has 8 nitrogen and oxygen atoms in total. The van der Waals surface area contributed by atoms with Crippen molar-refractivity contribution in [3.05, 3.63) is 51.9 Å². The second kappa shape index (κ2) is 7.69. The monoisotopic (exact) mass is 425 g/mol. The molecule has 0 radical (unpaired) electrons. The second-order valence-corrected chi connectivity index (χ2v) is 8.72. The van der Waals surface area contributed by atoms with Gasteiger partial charge >= 0.3 is 0 Å². The number of amides is 1. The van der Waals surface area contributed by atoms with Crippen LogP contribution in [-0.2, 0) is 0 Å². The molecule has 8 heteroatoms. The van der Waals surface area contributed by atoms with E-state index in [9.17, 15) is 14.7 Å². The van der Waals surface area contributed by atoms with Crippen LogP contribution in [-0.4, -0.2) is 59.6 Å². The van der Waals surface area contributed by atoms with Crippen molar-refractivity contribution in [1.29, 1.82) is 0 Å². The summed E-state index contributed by atoms with van der Waals surface area (Å²) in [6, 6.07) is 7.12. The van der Waals surface area contributed by atoms with E-state index in [4.69, 9.17) is 9.47 Å². The van der Waals surface area contributed by atoms with Crippen LogP contribution < -0.4 is 20.3 Å². The largest absolute Gasteiger partial charge is 0.454 e. The molecule has 2 N–H and O–H groups in total. The van der Waals surface area contributed by atoms with Crippen LogP contribution in [0.5, 0.6) is 11.5 Å². The van der Waals surface area contributed by atoms with E-state index in [0.717, 1.165) is 25.8 Å². The number of fused-ring (bicyclic) bond motifs is 2. The first-order valence-electron chi connectivity index (χ1n) is 10.8. The molecular weight excluding hydrogens is 398 g/mol. The van der Waals surface area contributed by atoms with Gasteiger partial charge in [-0.15, -0.1) is 0 Å². The Labute approximate surface area is 180 Å². The van der Waals surface area contributed by atoms with Crippen LogP contribution in [0.3, 0.4) is 0 Å². The van der Waals surface area contributed by atoms with Crippen molar-refractivity contribution in [3.8, 4) is 17.2 Å². The third-order valence-electron chi connectivity index (χ3n) is 7.01. The predicted molar refractivity (Wildman–Crippen MR) is 114 cm³/mol. The first-order valence-corrected chi connectivity index (χ1v) is 10.8. The fourth-order valence-electron chi connectivity index (χ4n) is 5.07. The third kappa shape index (κ3) is 3.30. The Morgan fingerprint density at radius 2 is 2.10 bits per heavy atom. The molecule has 2 atom stereocenters. The highest BCUT2D eigenvalue weighted by atomic mass is 16.7. The average Bonchev–Trinajstić information content (AvgIpc) is 3.26. The molecule has 2 aromatic rings. The molecule has 4 heterocycles. The molecule has 1 amide bonds. The van der Waals surface area contributed by atoms with Crippen molar-refractivity contribution in [1.82, 2.24) is 14.8 Å². The zero-order valence-corrected chi connectivity index (χ0v) is 17.6. The van der Waals surface area contributed by atoms with Crippen LogP contribution >= 0.6 is 0 Å². The standard InChI is InChI=1S/C23H27N3O5/c1-15-5-9-26(16-3-4-17-18(11-16)31-14-30-17)22(29)20(15)21(28)25-10-7-23(13-27)6-2-8-24-19(23)12-25/h3-5,9,11,19,24,27H,2,6-8,10,12-14H2,1H3/t19-,23-/m1/s1. The summed E-state index contributed by atoms with van der Waals surface area (Å²) in [6.45, 7) is 3.99. The number of carbonyl (C=O) groups excluding carboxylic acids is 1. The van der Waals surface area contributed by atoms with Crippen LogP contribution in [0.4, 0.5) is 0 Å². The van der Waals surface area contributed by atoms with Crippen molar-refractivity contribution < 1.29 is 19.4 Å². The molecule has 0 spiro atoms. The number of rotatable bonds is 3. The summed E-state index contributed by atoms with van der Waals surface area (Å²) < 4.78 is 12.2. The van der Waals surface area contributed by atoms with E-state index in [1.165, 1.54) is 4.57 Å². The van der Waals surface area contributed by atoms with Crippen molar-refractivity contribution in [2.24, 2.45) is 5.41 Å². The molecular formula is C23H27N3O5. The summed E-state index contributed by atoms with van der Waals surface area (Å²) in [5.41, 5.74) is 0.942. The van der Waals surface area contributed by atoms with E-state index in [1.54, 1.807) is 42.3 Å². The minimum absolute atomic E-state index is 0.0454. The number of pyridine rings is 1. The number of aromatic nitrogens is 1. The minimum atomic E-state index is -0.348. The second-order valence-electron chi connectivity index (χ2n) is 8.72. The van der Waals surface area contributed by atoms with Gasteiger partial charge in [0.25, 0.3) is 11.5 Å². The van der Waals surface area contributed by atoms with Gasteiger partial charge < -0.3 is 24.8 Å². The summed E-state index contributed by atoms with van der Waals surface area (Å²) in [4.78, 5) is 28.6. The smallest absolute Gasteiger partial charge is 0.268 e. The molecule has 2 saturated heterocycles. The normalized spacial score (nSPS) is 24.7. The van der Waals surface area contributed by atoms with Crippen molar-refractivity contribution in [2.75, 3.05) is 33.0 Å². The average molecular weight is 425 g/mol. The molecule has 31 heavy (non-hydrogen) atoms. The SMILES string of the molecule is Cc1ccn(-c2ccc3c(c2)OCO3)c(=O)c1C(=O)N1CC[C@@]2(CO)CCCN[C@@H]2C1. The van der Waals surface area contributed by atoms with Crippen LogP contribution in [0, 0.1) is 12.3 Å². The molecule has 1 aromatic carbocycles. The van der Waals surface area contributed by atoms with Crippen molar-refractivity contribution >= 4 is 5.91 Å². The predicted octanol–water partition coefficient (Wildman–Crippen LogP) is 1.45. The molecule has 0 bridgehead atoms. The van der Waals surface area contributed by atoms with Gasteiger partial charge in [-0.1, -0.05) is 0 Å². The Morgan fingerprint density at radius 1 is 1.26 bits per heavy atom. The summed E-state index contributed by atoms with van der Waals surface area (Å²) in [5, 5.41) is 13.5. The summed E-state index contributed by atoms with van der Waals surface area (Å²) in [5.74, 6) is 0.968. The van der Waals surface area contributed by atoms with Crippen molar-refractivity contribution in [2.45, 2.75) is 32.2 Å². The van der Waals surface area contributed by atoms with Gasteiger partial charge in [-0.3, -0.25) is 14.2 Å². The topological polar surface area (TPSA) is 93.0 Å². The number of aliphatic hydroxyl groups is 1. The number of hydrogen-bond donors (Lipinski definition) is 2. The van der Waals surface area contributed by atoms with Crippen LogP contribution in [0.2, 0.25) is 0 Å². The van der Waals surface area contributed by atoms with Gasteiger partial charge in [0, 0.05) is 36.8 Å². The number of nitrogens with zero attached hydrogens (tertiary/aromatic N) is 2. The number of ether oxygens (including phenoxy) is 2. The molecule has 1 aromatic heterocycles. The van der Waals surface area contributed by atoms with Gasteiger partial charge in [0.1, 0.15) is 5.56 Å². The van der Waals surface area contributed by atoms with Gasteiger partial charge in [0.2, 0.25) is 6.79 Å². The Balaban J connectivity index is 1.46. The molecule has 5 rings (SSSR count). The number of piperidine rings is 2. The number of likely N-dealkylation sites (tertiary alicyclic amines) is 1. The highest BCUT2D eigenvalue weighted by Crippen LogP contribution is 2.38. The molecule has 164 valence electrons. The number of aliphatic hydroxyl groups excluding tert-OH is 1. The number of carbonyl (C=O) groups is 1. The minimum Gasteiger partial charge on any atom is -0.454 e. The molecule has 3 aliphatic rings. The fourth-order valence-corrected chi connectivity index (χ4v) is 5.07. The number of benzene rings is 1. The zero-order chi connectivity index (χ0) is 21.6. The van der Waals surface area contributed by atoms with Crippen LogP contribution in [0.1, 0.15) is 35.2 Å². The maximum absolute atomic E-state index is 13.5. The highest BCUT2D eigenvalue weighted by Gasteiger charge is 2.45. The third-order valence-corrected chi connectivity index (χ3v) is 7.01. The molecule has 0 saturated carbocycles. The van der Waals surface area contributed by atoms with E-state index in [2.05, 4.69) is 5.32 Å². The summed E-state index contributed by atoms with van der Waals surface area (Å²) in [7, 11) is 0. The van der Waals surface area contributed by atoms with Gasteiger partial charge in [-0.25, -0.2) is 0 Å². The van der Waals surface area contributed by atoms with Crippen LogP contribution in [0.15, 0.2) is 35.3 Å². The molecule has 3 aliphatic heterocycles. The Kier molecular flexibility index (Phi) is 4.98. The number of hydrogen-bond acceptors (Lipinski definition) is 6. The molecule has 2 fully saturated rings. The van der Waals surface area contributed by atoms with Gasteiger partial charge in [-0.05, 0) is 56.5 Å². The number of aryl methyl sites for hydroxylation is 1. The highest BCUT2D eigenvalue weighted by molar-refractivity contribution is 5.95. The molecule has 0 aliphatic carbocycles. The lowest BCUT2D eigenvalue weighted by atomic mass is 9.70. The maximum Gasteiger partial charge on any atom is 0.268 e. The summed E-state index contributed by atoms with van der Waals surface area (Å²) in [6.07, 6.45) is 4.41. The Hall–Kier alpha value is -2.84. The van der Waals surface area contributed by atoms with Gasteiger partial charge in [-0.2, -0.15) is 0 Å². The van der Waals surface area contributed by atoms with Gasteiger partial charge in [0.15, 0.2) is 11.5 Å². The quantitative estimate of drug-likeness (QED) is 0.773. The first kappa shape index (κ1) is 20.1. The Morgan fingerprint density at radius 3 is 2.94 bits per heavy atom. The maximum atomic E-state index is 13.5. The van der Waals surface area contributed by atoms with E-state index in [0.29, 0.717) is 35.8 Å². The van der Waals surface area contributed by atoms with E-state index in [-0.39, 0.29) is 41.9 Å². The van der Waals surface area contributed by atoms with Crippen LogP contribution in [0.25, 0.3) is 5.69 Å². The van der Waals surface area contributed by atoms with E-state index >= 15 is 0 Å². The number of nitrogens with one attached hydrogen (secondary N) is 1.